The maximum absolute atomic E-state index is 5.96. The van der Waals surface area contributed by atoms with Crippen molar-refractivity contribution in [3.63, 3.8) is 0 Å². The van der Waals surface area contributed by atoms with Gasteiger partial charge in [0, 0.05) is 27.4 Å². The molecule has 3 aromatic carbocycles. The van der Waals surface area contributed by atoms with E-state index in [1.165, 1.54) is 5.56 Å². The summed E-state index contributed by atoms with van der Waals surface area (Å²) in [6.07, 6.45) is 2.54. The van der Waals surface area contributed by atoms with Gasteiger partial charge < -0.3 is 15.4 Å². The van der Waals surface area contributed by atoms with Gasteiger partial charge in [-0.1, -0.05) is 52.3 Å². The van der Waals surface area contributed by atoms with Gasteiger partial charge in [-0.3, -0.25) is 4.99 Å². The summed E-state index contributed by atoms with van der Waals surface area (Å²) < 4.78 is 6.56. The number of aliphatic imine (C=N–C) groups is 1. The van der Waals surface area contributed by atoms with Gasteiger partial charge in [-0.05, 0) is 72.6 Å². The van der Waals surface area contributed by atoms with Gasteiger partial charge in [-0.2, -0.15) is 0 Å². The zero-order valence-corrected chi connectivity index (χ0v) is 18.8. The van der Waals surface area contributed by atoms with Gasteiger partial charge in [0.15, 0.2) is 5.96 Å². The molecular formula is C24H23BrClN3O. The molecule has 0 radical (unpaired) electrons. The summed E-state index contributed by atoms with van der Waals surface area (Å²) in [5.74, 6) is 1.47. The standard InChI is InChI=1S/C24H23BrClN3O/c1-2-17-30-23-13-11-22(12-14-23)29-24(28-21-9-5-19(25)6-10-21)27-16-15-18-3-7-20(26)8-4-18/h2-14H,1,15-17H2,(H2,27,28,29). The lowest BCUT2D eigenvalue weighted by molar-refractivity contribution is 0.363. The first-order valence-corrected chi connectivity index (χ1v) is 10.7. The Bertz CT molecular complexity index is 971. The Morgan fingerprint density at radius 2 is 1.53 bits per heavy atom. The maximum atomic E-state index is 5.96. The second-order valence-electron chi connectivity index (χ2n) is 6.49. The third-order valence-corrected chi connectivity index (χ3v) is 4.96. The lowest BCUT2D eigenvalue weighted by atomic mass is 10.1. The number of nitrogens with one attached hydrogen (secondary N) is 2. The van der Waals surface area contributed by atoms with Gasteiger partial charge in [0.25, 0.3) is 0 Å². The van der Waals surface area contributed by atoms with E-state index in [1.54, 1.807) is 6.08 Å². The molecule has 3 aromatic rings. The van der Waals surface area contributed by atoms with Crippen molar-refractivity contribution in [3.8, 4) is 5.75 Å². The van der Waals surface area contributed by atoms with E-state index in [0.717, 1.165) is 33.0 Å². The molecule has 0 aliphatic carbocycles. The Morgan fingerprint density at radius 1 is 0.933 bits per heavy atom. The van der Waals surface area contributed by atoms with Crippen LogP contribution < -0.4 is 15.4 Å². The largest absolute Gasteiger partial charge is 0.490 e. The van der Waals surface area contributed by atoms with Crippen LogP contribution in [0.1, 0.15) is 5.56 Å². The number of hydrogen-bond donors (Lipinski definition) is 2. The summed E-state index contributed by atoms with van der Waals surface area (Å²) in [6.45, 7) is 4.78. The molecule has 0 aromatic heterocycles. The summed E-state index contributed by atoms with van der Waals surface area (Å²) in [5.41, 5.74) is 3.05. The molecule has 0 fully saturated rings. The van der Waals surface area contributed by atoms with E-state index < -0.39 is 0 Å². The van der Waals surface area contributed by atoms with Crippen LogP contribution in [0.15, 0.2) is 94.9 Å². The van der Waals surface area contributed by atoms with Crippen LogP contribution in [0.5, 0.6) is 5.75 Å². The highest BCUT2D eigenvalue weighted by atomic mass is 79.9. The number of guanidine groups is 1. The molecule has 0 saturated carbocycles. The van der Waals surface area contributed by atoms with Gasteiger partial charge in [-0.15, -0.1) is 0 Å². The van der Waals surface area contributed by atoms with Crippen LogP contribution in [0, 0.1) is 0 Å². The predicted octanol–water partition coefficient (Wildman–Crippen LogP) is 6.79. The fourth-order valence-electron chi connectivity index (χ4n) is 2.65. The number of ether oxygens (including phenoxy) is 1. The second-order valence-corrected chi connectivity index (χ2v) is 7.84. The summed E-state index contributed by atoms with van der Waals surface area (Å²) in [4.78, 5) is 4.73. The molecule has 6 heteroatoms. The zero-order chi connectivity index (χ0) is 21.2. The van der Waals surface area contributed by atoms with Crippen molar-refractivity contribution in [1.29, 1.82) is 0 Å². The summed E-state index contributed by atoms with van der Waals surface area (Å²) in [7, 11) is 0. The third-order valence-electron chi connectivity index (χ3n) is 4.18. The Morgan fingerprint density at radius 3 is 2.13 bits per heavy atom. The molecule has 2 N–H and O–H groups in total. The van der Waals surface area contributed by atoms with E-state index in [4.69, 9.17) is 21.3 Å². The summed E-state index contributed by atoms with van der Waals surface area (Å²) in [5, 5.41) is 7.44. The normalized spacial score (nSPS) is 11.1. The number of halogens is 2. The van der Waals surface area contributed by atoms with Crippen molar-refractivity contribution < 1.29 is 4.74 Å². The van der Waals surface area contributed by atoms with Gasteiger partial charge in [0.2, 0.25) is 0 Å². The SMILES string of the molecule is C=CCOc1ccc(NC(=NCCc2ccc(Cl)cc2)Nc2ccc(Br)cc2)cc1. The first-order valence-electron chi connectivity index (χ1n) is 9.54. The fraction of sp³-hybridized carbons (Fsp3) is 0.125. The van der Waals surface area contributed by atoms with Crippen LogP contribution in [0.25, 0.3) is 0 Å². The highest BCUT2D eigenvalue weighted by Crippen LogP contribution is 2.18. The van der Waals surface area contributed by atoms with Crippen LogP contribution in [0.4, 0.5) is 11.4 Å². The van der Waals surface area contributed by atoms with Crippen molar-refractivity contribution in [2.24, 2.45) is 4.99 Å². The molecular weight excluding hydrogens is 462 g/mol. The predicted molar refractivity (Wildman–Crippen MR) is 131 cm³/mol. The minimum Gasteiger partial charge on any atom is -0.490 e. The average Bonchev–Trinajstić information content (AvgIpc) is 2.76. The molecule has 0 aliphatic rings. The molecule has 30 heavy (non-hydrogen) atoms. The topological polar surface area (TPSA) is 45.6 Å². The zero-order valence-electron chi connectivity index (χ0n) is 16.4. The molecule has 3 rings (SSSR count). The van der Waals surface area contributed by atoms with Crippen LogP contribution in [0.3, 0.4) is 0 Å². The highest BCUT2D eigenvalue weighted by Gasteiger charge is 2.03. The van der Waals surface area contributed by atoms with Gasteiger partial charge in [0.1, 0.15) is 12.4 Å². The number of hydrogen-bond acceptors (Lipinski definition) is 2. The van der Waals surface area contributed by atoms with E-state index in [1.807, 2.05) is 72.8 Å². The van der Waals surface area contributed by atoms with Gasteiger partial charge in [-0.25, -0.2) is 0 Å². The Labute approximate surface area is 190 Å². The van der Waals surface area contributed by atoms with Crippen molar-refractivity contribution in [1.82, 2.24) is 0 Å². The number of nitrogens with zero attached hydrogens (tertiary/aromatic N) is 1. The minimum atomic E-state index is 0.481. The quantitative estimate of drug-likeness (QED) is 0.210. The average molecular weight is 485 g/mol. The van der Waals surface area contributed by atoms with Crippen LogP contribution in [-0.2, 0) is 6.42 Å². The molecule has 0 heterocycles. The van der Waals surface area contributed by atoms with E-state index in [-0.39, 0.29) is 0 Å². The lowest BCUT2D eigenvalue weighted by Crippen LogP contribution is -2.22. The second kappa shape index (κ2) is 11.4. The third kappa shape index (κ3) is 7.25. The van der Waals surface area contributed by atoms with E-state index >= 15 is 0 Å². The molecule has 0 atom stereocenters. The molecule has 0 amide bonds. The van der Waals surface area contributed by atoms with Crippen molar-refractivity contribution >= 4 is 44.9 Å². The summed E-state index contributed by atoms with van der Waals surface area (Å²) in [6, 6.07) is 23.5. The molecule has 0 unspecified atom stereocenters. The highest BCUT2D eigenvalue weighted by molar-refractivity contribution is 9.10. The lowest BCUT2D eigenvalue weighted by Gasteiger charge is -2.13. The number of benzene rings is 3. The van der Waals surface area contributed by atoms with E-state index in [9.17, 15) is 0 Å². The maximum Gasteiger partial charge on any atom is 0.200 e. The van der Waals surface area contributed by atoms with Crippen LogP contribution in [0.2, 0.25) is 5.02 Å². The first-order chi connectivity index (χ1) is 14.6. The molecule has 0 saturated heterocycles. The number of anilines is 2. The van der Waals surface area contributed by atoms with Crippen molar-refractivity contribution in [3.05, 3.63) is 101 Å². The molecule has 4 nitrogen and oxygen atoms in total. The molecule has 0 spiro atoms. The Hall–Kier alpha value is -2.76. The smallest absolute Gasteiger partial charge is 0.200 e. The molecule has 0 aliphatic heterocycles. The molecule has 154 valence electrons. The van der Waals surface area contributed by atoms with E-state index in [0.29, 0.717) is 19.1 Å². The Balaban J connectivity index is 1.69. The van der Waals surface area contributed by atoms with Crippen LogP contribution in [-0.4, -0.2) is 19.1 Å². The fourth-order valence-corrected chi connectivity index (χ4v) is 3.04. The summed E-state index contributed by atoms with van der Waals surface area (Å²) >= 11 is 9.42. The monoisotopic (exact) mass is 483 g/mol. The van der Waals surface area contributed by atoms with Crippen LogP contribution >= 0.6 is 27.5 Å². The minimum absolute atomic E-state index is 0.481. The van der Waals surface area contributed by atoms with Crippen molar-refractivity contribution in [2.75, 3.05) is 23.8 Å². The Kier molecular flexibility index (Phi) is 8.36. The van der Waals surface area contributed by atoms with E-state index in [2.05, 4.69) is 33.1 Å². The molecule has 0 bridgehead atoms. The van der Waals surface area contributed by atoms with Gasteiger partial charge in [0.05, 0.1) is 0 Å². The van der Waals surface area contributed by atoms with Gasteiger partial charge >= 0.3 is 0 Å². The van der Waals surface area contributed by atoms with Crippen molar-refractivity contribution in [2.45, 2.75) is 6.42 Å². The first kappa shape index (κ1) is 21.9. The number of rotatable bonds is 8.